The quantitative estimate of drug-likeness (QED) is 0.130. The van der Waals surface area contributed by atoms with E-state index in [0.717, 1.165) is 40.3 Å². The van der Waals surface area contributed by atoms with Crippen LogP contribution >= 0.6 is 0 Å². The van der Waals surface area contributed by atoms with E-state index in [9.17, 15) is 78.0 Å². The second-order valence-corrected chi connectivity index (χ2v) is 38.9. The third kappa shape index (κ3) is 33.8. The van der Waals surface area contributed by atoms with Crippen molar-refractivity contribution < 1.29 is 82.4 Å². The van der Waals surface area contributed by atoms with Gasteiger partial charge in [0.2, 0.25) is 17.1 Å². The first-order valence-corrected chi connectivity index (χ1v) is 38.9. The molecule has 3 amide bonds. The molecule has 6 heterocycles. The second kappa shape index (κ2) is 38.9. The van der Waals surface area contributed by atoms with Gasteiger partial charge in [-0.15, -0.1) is 0 Å². The summed E-state index contributed by atoms with van der Waals surface area (Å²) < 4.78 is 45.6. The molecule has 116 heavy (non-hydrogen) atoms. The normalized spacial score (nSPS) is 25.4. The van der Waals surface area contributed by atoms with Gasteiger partial charge in [-0.2, -0.15) is 19.0 Å². The van der Waals surface area contributed by atoms with E-state index in [1.54, 1.807) is 67.1 Å². The summed E-state index contributed by atoms with van der Waals surface area (Å²) in [6.07, 6.45) is 8.81. The molecule has 3 aliphatic carbocycles. The lowest BCUT2D eigenvalue weighted by molar-refractivity contribution is -0.153. The molecule has 0 spiro atoms. The van der Waals surface area contributed by atoms with Gasteiger partial charge in [0.1, 0.15) is 11.5 Å². The van der Waals surface area contributed by atoms with Crippen LogP contribution in [0.25, 0.3) is 0 Å². The van der Waals surface area contributed by atoms with Crippen molar-refractivity contribution in [3.05, 3.63) is 59.2 Å². The number of aryl methyl sites for hydroxylation is 2. The van der Waals surface area contributed by atoms with Crippen molar-refractivity contribution in [2.75, 3.05) is 47.3 Å². The molecule has 24 heteroatoms. The van der Waals surface area contributed by atoms with E-state index in [-0.39, 0.29) is 67.8 Å². The van der Waals surface area contributed by atoms with Gasteiger partial charge < -0.3 is 60.0 Å². The number of pyridine rings is 1. The lowest BCUT2D eigenvalue weighted by Crippen LogP contribution is -2.49. The van der Waals surface area contributed by atoms with E-state index < -0.39 is 80.7 Å². The van der Waals surface area contributed by atoms with E-state index in [1.807, 2.05) is 163 Å². The Hall–Kier alpha value is -8.60. The molecule has 0 aromatic carbocycles. The number of fused-ring (bicyclic) bond motifs is 1. The van der Waals surface area contributed by atoms with Gasteiger partial charge in [-0.1, -0.05) is 101 Å². The first-order chi connectivity index (χ1) is 52.0. The van der Waals surface area contributed by atoms with Crippen molar-refractivity contribution in [2.24, 2.45) is 53.5 Å². The summed E-state index contributed by atoms with van der Waals surface area (Å²) in [5.41, 5.74) is -12.0. The number of azo groups is 1. The fourth-order valence-corrected chi connectivity index (χ4v) is 10.2. The number of likely N-dealkylation sites (tertiary alicyclic amines) is 3. The SMILES string of the molecule is CC(C)(C)C#CC(C)(O)C1=CCN=N1.CC(C)(C)C#CC1(O)CCCC1=O.CC(C)(C)C#CC1(O)CCCC1=O.CC(C)(C)C#CC1(O)CCc2cccnc21.CN1CC(F)(F)C(O)(C#CC(C)(C)C)C1=O.CN1CC(F)C(O)(C#CC(C)(C)C)C1=O.CN1CCC(O)(C#CC(C)(C)C)C1=O.Cc1cnc(C(C)(O)C#CC(C)(C)C)o1. The zero-order valence-electron chi connectivity index (χ0n) is 74.4. The summed E-state index contributed by atoms with van der Waals surface area (Å²) in [4.78, 5) is 68.7. The van der Waals surface area contributed by atoms with Crippen molar-refractivity contribution in [3.8, 4) is 94.7 Å². The summed E-state index contributed by atoms with van der Waals surface area (Å²) in [5.74, 6) is 39.2. The highest BCUT2D eigenvalue weighted by Gasteiger charge is 2.65. The Morgan fingerprint density at radius 1 is 0.474 bits per heavy atom. The Morgan fingerprint density at radius 3 is 1.23 bits per heavy atom. The number of oxazole rings is 1. The van der Waals surface area contributed by atoms with Crippen LogP contribution in [-0.4, -0.2) is 188 Å². The minimum Gasteiger partial charge on any atom is -0.442 e. The van der Waals surface area contributed by atoms with Gasteiger partial charge in [-0.05, 0) is 243 Å². The average molecular weight is 1620 g/mol. The molecular weight excluding hydrogens is 1480 g/mol. The van der Waals surface area contributed by atoms with Crippen LogP contribution in [0.3, 0.4) is 0 Å². The Bertz CT molecular complexity index is 4400. The largest absolute Gasteiger partial charge is 0.442 e. The first-order valence-electron chi connectivity index (χ1n) is 38.9. The van der Waals surface area contributed by atoms with E-state index in [2.05, 4.69) is 109 Å². The molecule has 9 unspecified atom stereocenters. The molecule has 7 aliphatic rings. The van der Waals surface area contributed by atoms with Crippen LogP contribution in [0, 0.1) is 145 Å². The number of ketones is 2. The number of rotatable bonds is 2. The number of aromatic nitrogens is 2. The zero-order valence-corrected chi connectivity index (χ0v) is 74.4. The minimum absolute atomic E-state index is 0.0900. The Balaban J connectivity index is 0.000000450. The summed E-state index contributed by atoms with van der Waals surface area (Å²) >= 11 is 0. The fourth-order valence-electron chi connectivity index (χ4n) is 10.2. The van der Waals surface area contributed by atoms with E-state index in [4.69, 9.17) is 4.42 Å². The third-order valence-electron chi connectivity index (χ3n) is 16.8. The lowest BCUT2D eigenvalue weighted by Gasteiger charge is -2.20. The first kappa shape index (κ1) is 103. The van der Waals surface area contributed by atoms with Crippen LogP contribution < -0.4 is 0 Å². The molecule has 4 aliphatic heterocycles. The Morgan fingerprint density at radius 2 is 0.888 bits per heavy atom. The van der Waals surface area contributed by atoms with Crippen molar-refractivity contribution in [1.82, 2.24) is 24.7 Å². The monoisotopic (exact) mass is 1610 g/mol. The van der Waals surface area contributed by atoms with Crippen LogP contribution in [0.1, 0.15) is 254 Å². The summed E-state index contributed by atoms with van der Waals surface area (Å²) in [6.45, 7) is 51.5. The molecule has 5 fully saturated rings. The van der Waals surface area contributed by atoms with Gasteiger partial charge in [0.15, 0.2) is 45.7 Å². The molecule has 2 aromatic heterocycles. The number of alkyl halides is 3. The van der Waals surface area contributed by atoms with Crippen molar-refractivity contribution in [1.29, 1.82) is 0 Å². The molecule has 0 radical (unpaired) electrons. The maximum absolute atomic E-state index is 13.5. The highest BCUT2D eigenvalue weighted by Crippen LogP contribution is 2.39. The molecule has 9 rings (SSSR count). The molecule has 8 N–H and O–H groups in total. The molecule has 21 nitrogen and oxygen atoms in total. The summed E-state index contributed by atoms with van der Waals surface area (Å²) in [5, 5.41) is 87.2. The van der Waals surface area contributed by atoms with Gasteiger partial charge >= 0.3 is 5.92 Å². The van der Waals surface area contributed by atoms with Crippen LogP contribution in [0.5, 0.6) is 0 Å². The number of hydrogen-bond donors (Lipinski definition) is 8. The maximum atomic E-state index is 13.5. The van der Waals surface area contributed by atoms with Crippen LogP contribution in [0.15, 0.2) is 50.9 Å². The van der Waals surface area contributed by atoms with E-state index >= 15 is 0 Å². The molecule has 2 saturated carbocycles. The van der Waals surface area contributed by atoms with Gasteiger partial charge in [0.25, 0.3) is 23.3 Å². The number of Topliss-reactive ketones (excluding diaryl/α,β-unsaturated/α-hetero) is 2. The lowest BCUT2D eigenvalue weighted by atomic mass is 9.93. The fraction of sp³-hybridized carbons (Fsp3) is 0.663. The maximum Gasteiger partial charge on any atom is 0.313 e. The predicted octanol–water partition coefficient (Wildman–Crippen LogP) is 11.8. The van der Waals surface area contributed by atoms with Crippen molar-refractivity contribution >= 4 is 29.3 Å². The van der Waals surface area contributed by atoms with Crippen LogP contribution in [0.4, 0.5) is 13.2 Å². The van der Waals surface area contributed by atoms with E-state index in [1.165, 1.54) is 19.0 Å². The highest BCUT2D eigenvalue weighted by molar-refractivity contribution is 5.94. The molecule has 3 saturated heterocycles. The smallest absolute Gasteiger partial charge is 0.313 e. The van der Waals surface area contributed by atoms with Gasteiger partial charge in [-0.3, -0.25) is 29.0 Å². The Labute approximate surface area is 689 Å². The van der Waals surface area contributed by atoms with E-state index in [0.29, 0.717) is 63.1 Å². The van der Waals surface area contributed by atoms with Crippen LogP contribution in [0.2, 0.25) is 0 Å². The topological polar surface area (TPSA) is 321 Å². The number of amides is 3. The summed E-state index contributed by atoms with van der Waals surface area (Å²) in [7, 11) is 4.34. The highest BCUT2D eigenvalue weighted by atomic mass is 19.3. The standard InChI is InChI=1S/C14H17NO.C12H17NO2.C11H15F2NO2.C11H16FNO2.C11H16N2O.C11H17NO2.2C11H16O2/c1-13(2,3)8-9-14(16)7-6-11-5-4-10-15-12(11)14;1-9-8-13-10(15-9)12(5,14)7-6-11(2,3)4;1-9(2,3)5-6-10(16)8(15)14(4)7-11(10,12)13;1-10(2,3)5-6-11(15)8(12)7-13(4)9(11)14;1-10(2,3)6-7-11(4,14)9-5-8-12-13-9;1-10(2,3)5-6-11(14)7-8-12(4)9(11)13;2*1-10(2,3)7-8-11(13)6-4-5-9(11)12/h4-5,10,16H,6-7H2,1-3H3;8,14H,1-5H3;16H,7H2,1-4H3;8,15H,7H2,1-4H3;5,14H,8H2,1-4H3;14H,7-8H2,1-4H3;2*13H,4-6H2,1-3H3. The molecular formula is C92H130F3N7O14. The molecule has 638 valence electrons. The number of carbonyl (C=O) groups excluding carboxylic acids is 5. The number of nitrogens with zero attached hydrogens (tertiary/aromatic N) is 7. The number of carbonyl (C=O) groups is 5. The van der Waals surface area contributed by atoms with Gasteiger partial charge in [0, 0.05) is 96.5 Å². The average Bonchev–Trinajstić information content (AvgIpc) is 1.61. The number of halogens is 3. The van der Waals surface area contributed by atoms with Gasteiger partial charge in [-0.25, -0.2) is 9.37 Å². The molecule has 2 aromatic rings. The van der Waals surface area contributed by atoms with Crippen molar-refractivity contribution in [2.45, 2.75) is 302 Å². The Kier molecular flexibility index (Phi) is 34.7. The predicted molar refractivity (Wildman–Crippen MR) is 443 cm³/mol. The second-order valence-electron chi connectivity index (χ2n) is 38.9. The minimum atomic E-state index is -3.53. The zero-order chi connectivity index (χ0) is 90.2. The number of likely N-dealkylation sites (N-methyl/N-ethyl adjacent to an activating group) is 3. The molecule has 9 atom stereocenters. The van der Waals surface area contributed by atoms with Gasteiger partial charge in [0.05, 0.1) is 31.5 Å². The molecule has 0 bridgehead atoms. The number of aliphatic hydroxyl groups is 8. The third-order valence-corrected chi connectivity index (χ3v) is 16.8. The summed E-state index contributed by atoms with van der Waals surface area (Å²) in [6, 6.07) is 3.92. The number of hydrogen-bond acceptors (Lipinski definition) is 18. The van der Waals surface area contributed by atoms with Crippen LogP contribution in [-0.2, 0) is 41.6 Å². The van der Waals surface area contributed by atoms with Crippen molar-refractivity contribution in [3.63, 3.8) is 0 Å².